The maximum Gasteiger partial charge on any atom is 0.408 e. The second-order valence-corrected chi connectivity index (χ2v) is 7.58. The van der Waals surface area contributed by atoms with Crippen molar-refractivity contribution in [3.63, 3.8) is 0 Å². The predicted molar refractivity (Wildman–Crippen MR) is 101 cm³/mol. The number of hydrazone groups is 1. The molecule has 1 aliphatic rings. The number of rotatable bonds is 9. The second-order valence-electron chi connectivity index (χ2n) is 7.58. The van der Waals surface area contributed by atoms with Crippen LogP contribution in [0.4, 0.5) is 26.3 Å². The molecule has 0 aliphatic carbocycles. The third kappa shape index (κ3) is 8.04. The highest BCUT2D eigenvalue weighted by Crippen LogP contribution is 2.26. The van der Waals surface area contributed by atoms with E-state index in [1.54, 1.807) is 6.92 Å². The zero-order valence-corrected chi connectivity index (χ0v) is 17.0. The van der Waals surface area contributed by atoms with Crippen LogP contribution in [-0.2, 0) is 4.79 Å². The molecule has 0 radical (unpaired) electrons. The Bertz CT molecular complexity index is 627. The number of carbonyl (C=O) groups excluding carboxylic acids is 1. The summed E-state index contributed by atoms with van der Waals surface area (Å²) >= 11 is 0. The molecule has 1 aliphatic heterocycles. The van der Waals surface area contributed by atoms with Gasteiger partial charge in [-0.2, -0.15) is 18.3 Å². The summed E-state index contributed by atoms with van der Waals surface area (Å²) in [6.45, 7) is 1.11. The molecule has 12 heteroatoms. The lowest BCUT2D eigenvalue weighted by Crippen LogP contribution is -2.58. The minimum absolute atomic E-state index is 0.0525. The van der Waals surface area contributed by atoms with Crippen LogP contribution in [0, 0.1) is 5.92 Å². The van der Waals surface area contributed by atoms with Crippen LogP contribution >= 0.6 is 0 Å². The Morgan fingerprint density at radius 1 is 1.27 bits per heavy atom. The average molecular weight is 445 g/mol. The molecule has 0 aromatic heterocycles. The van der Waals surface area contributed by atoms with Crippen LogP contribution in [0.15, 0.2) is 17.0 Å². The van der Waals surface area contributed by atoms with Crippen molar-refractivity contribution < 1.29 is 31.1 Å². The minimum atomic E-state index is -4.46. The van der Waals surface area contributed by atoms with Crippen LogP contribution in [0.2, 0.25) is 0 Å². The zero-order chi connectivity index (χ0) is 23.1. The number of nitrogens with two attached hydrogens (primary N) is 2. The van der Waals surface area contributed by atoms with Gasteiger partial charge >= 0.3 is 6.18 Å². The van der Waals surface area contributed by atoms with Crippen molar-refractivity contribution >= 4 is 11.7 Å². The van der Waals surface area contributed by atoms with E-state index >= 15 is 0 Å². The molecule has 4 atom stereocenters. The summed E-state index contributed by atoms with van der Waals surface area (Å²) in [7, 11) is 0. The van der Waals surface area contributed by atoms with Crippen molar-refractivity contribution in [3.8, 4) is 0 Å². The van der Waals surface area contributed by atoms with Gasteiger partial charge in [0.15, 0.2) is 0 Å². The van der Waals surface area contributed by atoms with E-state index in [1.165, 1.54) is 4.90 Å². The molecule has 0 saturated carbocycles. The zero-order valence-electron chi connectivity index (χ0n) is 17.0. The van der Waals surface area contributed by atoms with Gasteiger partial charge in [-0.05, 0) is 31.8 Å². The fourth-order valence-corrected chi connectivity index (χ4v) is 3.36. The number of allylic oxidation sites excluding steroid dienone is 2. The number of amides is 1. The van der Waals surface area contributed by atoms with Gasteiger partial charge in [0.25, 0.3) is 0 Å². The molecule has 0 bridgehead atoms. The second kappa shape index (κ2) is 11.4. The lowest BCUT2D eigenvalue weighted by atomic mass is 9.94. The molecule has 174 valence electrons. The van der Waals surface area contributed by atoms with Crippen molar-refractivity contribution in [1.82, 2.24) is 9.80 Å². The third-order valence-corrected chi connectivity index (χ3v) is 4.98. The van der Waals surface area contributed by atoms with Crippen LogP contribution in [0.3, 0.4) is 0 Å². The molecule has 0 spiro atoms. The standard InChI is InChI=1S/C18H29F6N5O/c1-11(5-13(20)7-14(21)9-19)6-15(25)8-17(30)28-3-4-29(16(10-28)27-26)12(2)18(22,23)24/h7,11-13,15H,3-6,8-10,25-26H2,1-2H3/b14-7+,27-16-. The van der Waals surface area contributed by atoms with Crippen LogP contribution in [0.5, 0.6) is 0 Å². The summed E-state index contributed by atoms with van der Waals surface area (Å²) in [4.78, 5) is 14.8. The summed E-state index contributed by atoms with van der Waals surface area (Å²) in [6.07, 6.45) is -5.46. The molecule has 6 nitrogen and oxygen atoms in total. The molecule has 1 saturated heterocycles. The van der Waals surface area contributed by atoms with Gasteiger partial charge in [-0.25, -0.2) is 13.2 Å². The van der Waals surface area contributed by atoms with Crippen LogP contribution in [0.25, 0.3) is 0 Å². The highest BCUT2D eigenvalue weighted by Gasteiger charge is 2.43. The SMILES string of the molecule is CC(CC(F)/C=C(/F)CF)CC(N)CC(=O)N1CCN(C(C)C(F)(F)F)/C(=N\N)C1. The quantitative estimate of drug-likeness (QED) is 0.325. The Kier molecular flexibility index (Phi) is 9.92. The average Bonchev–Trinajstić information content (AvgIpc) is 2.65. The monoisotopic (exact) mass is 445 g/mol. The molecule has 1 rings (SSSR count). The van der Waals surface area contributed by atoms with Crippen molar-refractivity contribution in [3.05, 3.63) is 11.9 Å². The topological polar surface area (TPSA) is 88.0 Å². The molecule has 30 heavy (non-hydrogen) atoms. The largest absolute Gasteiger partial charge is 0.408 e. The molecule has 4 unspecified atom stereocenters. The summed E-state index contributed by atoms with van der Waals surface area (Å²) in [5.41, 5.74) is 5.95. The number of halogens is 6. The minimum Gasteiger partial charge on any atom is -0.344 e. The van der Waals surface area contributed by atoms with Crippen molar-refractivity contribution in [2.24, 2.45) is 22.6 Å². The van der Waals surface area contributed by atoms with Gasteiger partial charge in [-0.15, -0.1) is 0 Å². The lowest BCUT2D eigenvalue weighted by molar-refractivity contribution is -0.170. The molecule has 1 heterocycles. The summed E-state index contributed by atoms with van der Waals surface area (Å²) in [5.74, 6) is 3.32. The Hall–Kier alpha value is -1.98. The van der Waals surface area contributed by atoms with Gasteiger partial charge in [0.05, 0.1) is 6.54 Å². The fourth-order valence-electron chi connectivity index (χ4n) is 3.36. The predicted octanol–water partition coefficient (Wildman–Crippen LogP) is 2.65. The third-order valence-electron chi connectivity index (χ3n) is 4.98. The first kappa shape index (κ1) is 26.1. The number of alkyl halides is 5. The van der Waals surface area contributed by atoms with E-state index < -0.39 is 36.9 Å². The van der Waals surface area contributed by atoms with Gasteiger partial charge in [0.2, 0.25) is 5.91 Å². The van der Waals surface area contributed by atoms with Crippen LogP contribution in [0.1, 0.15) is 33.1 Å². The fraction of sp³-hybridized carbons (Fsp3) is 0.778. The molecule has 4 N–H and O–H groups in total. The number of hydrogen-bond donors (Lipinski definition) is 2. The van der Waals surface area contributed by atoms with E-state index in [2.05, 4.69) is 5.10 Å². The highest BCUT2D eigenvalue weighted by molar-refractivity contribution is 5.89. The number of carbonyl (C=O) groups is 1. The van der Waals surface area contributed by atoms with Gasteiger partial charge in [-0.3, -0.25) is 4.79 Å². The molecule has 1 fully saturated rings. The Morgan fingerprint density at radius 3 is 2.43 bits per heavy atom. The summed E-state index contributed by atoms with van der Waals surface area (Å²) in [5, 5.41) is 3.40. The van der Waals surface area contributed by atoms with Crippen LogP contribution in [-0.4, -0.2) is 72.3 Å². The molecule has 0 aromatic rings. The van der Waals surface area contributed by atoms with E-state index in [9.17, 15) is 31.1 Å². The van der Waals surface area contributed by atoms with E-state index in [0.29, 0.717) is 6.08 Å². The van der Waals surface area contributed by atoms with Crippen LogP contribution < -0.4 is 11.6 Å². The number of piperazine rings is 1. The van der Waals surface area contributed by atoms with Gasteiger partial charge in [-0.1, -0.05) is 6.92 Å². The van der Waals surface area contributed by atoms with Gasteiger partial charge in [0, 0.05) is 25.6 Å². The first-order chi connectivity index (χ1) is 13.9. The van der Waals surface area contributed by atoms with E-state index in [4.69, 9.17) is 11.6 Å². The van der Waals surface area contributed by atoms with E-state index in [0.717, 1.165) is 11.8 Å². The van der Waals surface area contributed by atoms with Gasteiger partial charge < -0.3 is 21.4 Å². The Morgan fingerprint density at radius 2 is 1.90 bits per heavy atom. The first-order valence-electron chi connectivity index (χ1n) is 9.58. The smallest absolute Gasteiger partial charge is 0.344 e. The van der Waals surface area contributed by atoms with E-state index in [1.807, 2.05) is 0 Å². The molecular formula is C18H29F6N5O. The molecule has 1 amide bonds. The maximum absolute atomic E-state index is 13.7. The maximum atomic E-state index is 13.7. The number of nitrogens with zero attached hydrogens (tertiary/aromatic N) is 3. The molecule has 0 aromatic carbocycles. The number of amidine groups is 1. The van der Waals surface area contributed by atoms with Crippen molar-refractivity contribution in [1.29, 1.82) is 0 Å². The molecular weight excluding hydrogens is 416 g/mol. The van der Waals surface area contributed by atoms with Crippen molar-refractivity contribution in [2.45, 2.75) is 57.5 Å². The van der Waals surface area contributed by atoms with Gasteiger partial charge in [0.1, 0.15) is 30.6 Å². The number of hydrogen-bond acceptors (Lipinski definition) is 4. The summed E-state index contributed by atoms with van der Waals surface area (Å²) in [6, 6.07) is -2.41. The van der Waals surface area contributed by atoms with Crippen molar-refractivity contribution in [2.75, 3.05) is 26.3 Å². The Balaban J connectivity index is 2.57. The highest BCUT2D eigenvalue weighted by atomic mass is 19.4. The van der Waals surface area contributed by atoms with E-state index in [-0.39, 0.29) is 56.6 Å². The normalized spacial score (nSPS) is 21.5. The lowest BCUT2D eigenvalue weighted by Gasteiger charge is -2.40. The Labute approximate surface area is 171 Å². The first-order valence-corrected chi connectivity index (χ1v) is 9.58. The summed E-state index contributed by atoms with van der Waals surface area (Å²) < 4.78 is 77.4.